The van der Waals surface area contributed by atoms with Crippen molar-refractivity contribution in [2.45, 2.75) is 30.8 Å². The van der Waals surface area contributed by atoms with Gasteiger partial charge in [-0.1, -0.05) is 29.8 Å². The molecule has 0 saturated heterocycles. The second-order valence-electron chi connectivity index (χ2n) is 5.09. The van der Waals surface area contributed by atoms with Crippen molar-refractivity contribution in [3.05, 3.63) is 46.2 Å². The maximum Gasteiger partial charge on any atom is 0.131 e. The number of aryl methyl sites for hydroxylation is 2. The molecule has 0 fully saturated rings. The van der Waals surface area contributed by atoms with Gasteiger partial charge in [-0.3, -0.25) is 4.68 Å². The molecule has 2 aromatic rings. The Bertz CT molecular complexity index is 624. The molecule has 20 heavy (non-hydrogen) atoms. The molecular formula is C15H18ClN3S. The van der Waals surface area contributed by atoms with Crippen LogP contribution in [-0.4, -0.2) is 15.5 Å². The lowest BCUT2D eigenvalue weighted by molar-refractivity contribution is 0.509. The van der Waals surface area contributed by atoms with Crippen molar-refractivity contribution in [1.29, 1.82) is 0 Å². The standard InChI is InChI=1S/C15H18ClN3S/c1-10-12(15(16)19(2)18-10)9-17-13-7-8-20-14-6-4-3-5-11(13)14/h3-6,13,17H,7-9H2,1-2H3. The van der Waals surface area contributed by atoms with E-state index < -0.39 is 0 Å². The molecule has 1 aliphatic heterocycles. The van der Waals surface area contributed by atoms with Crippen LogP contribution in [0.1, 0.15) is 29.3 Å². The summed E-state index contributed by atoms with van der Waals surface area (Å²) in [6, 6.07) is 9.05. The molecule has 5 heteroatoms. The second-order valence-corrected chi connectivity index (χ2v) is 6.58. The van der Waals surface area contributed by atoms with Crippen LogP contribution in [0.2, 0.25) is 5.15 Å². The Labute approximate surface area is 128 Å². The van der Waals surface area contributed by atoms with E-state index in [1.165, 1.54) is 10.5 Å². The summed E-state index contributed by atoms with van der Waals surface area (Å²) in [5.74, 6) is 1.16. The second kappa shape index (κ2) is 5.80. The van der Waals surface area contributed by atoms with E-state index in [1.54, 1.807) is 4.68 Å². The number of hydrogen-bond acceptors (Lipinski definition) is 3. The summed E-state index contributed by atoms with van der Waals surface area (Å²) in [7, 11) is 1.88. The van der Waals surface area contributed by atoms with Crippen LogP contribution in [0, 0.1) is 6.92 Å². The first kappa shape index (κ1) is 14.0. The third kappa shape index (κ3) is 2.60. The van der Waals surface area contributed by atoms with Crippen molar-refractivity contribution < 1.29 is 0 Å². The van der Waals surface area contributed by atoms with E-state index >= 15 is 0 Å². The molecule has 0 radical (unpaired) electrons. The van der Waals surface area contributed by atoms with Crippen LogP contribution in [0.15, 0.2) is 29.2 Å². The van der Waals surface area contributed by atoms with Gasteiger partial charge in [0.25, 0.3) is 0 Å². The monoisotopic (exact) mass is 307 g/mol. The Morgan fingerprint density at radius 1 is 1.45 bits per heavy atom. The number of nitrogens with one attached hydrogen (secondary N) is 1. The van der Waals surface area contributed by atoms with Gasteiger partial charge in [0, 0.05) is 30.1 Å². The zero-order valence-electron chi connectivity index (χ0n) is 11.7. The number of nitrogens with zero attached hydrogens (tertiary/aromatic N) is 2. The quantitative estimate of drug-likeness (QED) is 0.937. The zero-order chi connectivity index (χ0) is 14.1. The maximum absolute atomic E-state index is 6.29. The number of hydrogen-bond donors (Lipinski definition) is 1. The third-order valence-corrected chi connectivity index (χ3v) is 5.35. The third-order valence-electron chi connectivity index (χ3n) is 3.75. The first-order chi connectivity index (χ1) is 9.66. The fourth-order valence-electron chi connectivity index (χ4n) is 2.65. The summed E-state index contributed by atoms with van der Waals surface area (Å²) in [5.41, 5.74) is 3.51. The highest BCUT2D eigenvalue weighted by molar-refractivity contribution is 7.99. The molecule has 2 heterocycles. The Hall–Kier alpha value is -0.970. The lowest BCUT2D eigenvalue weighted by Crippen LogP contribution is -2.24. The minimum absolute atomic E-state index is 0.406. The topological polar surface area (TPSA) is 29.9 Å². The zero-order valence-corrected chi connectivity index (χ0v) is 13.3. The van der Waals surface area contributed by atoms with Crippen LogP contribution in [0.4, 0.5) is 0 Å². The fourth-order valence-corrected chi connectivity index (χ4v) is 4.02. The Balaban J connectivity index is 1.77. The van der Waals surface area contributed by atoms with Gasteiger partial charge in [0.2, 0.25) is 0 Å². The SMILES string of the molecule is Cc1nn(C)c(Cl)c1CNC1CCSc2ccccc21. The Kier molecular flexibility index (Phi) is 4.06. The predicted molar refractivity (Wildman–Crippen MR) is 84.3 cm³/mol. The molecule has 1 atom stereocenters. The van der Waals surface area contributed by atoms with Crippen molar-refractivity contribution in [2.24, 2.45) is 7.05 Å². The largest absolute Gasteiger partial charge is 0.306 e. The lowest BCUT2D eigenvalue weighted by Gasteiger charge is -2.26. The normalized spacial score (nSPS) is 18.1. The van der Waals surface area contributed by atoms with Crippen LogP contribution < -0.4 is 5.32 Å². The fraction of sp³-hybridized carbons (Fsp3) is 0.400. The highest BCUT2D eigenvalue weighted by Gasteiger charge is 2.21. The summed E-state index contributed by atoms with van der Waals surface area (Å²) in [6.45, 7) is 2.77. The van der Waals surface area contributed by atoms with Crippen molar-refractivity contribution in [3.63, 3.8) is 0 Å². The molecule has 0 spiro atoms. The van der Waals surface area contributed by atoms with Crippen molar-refractivity contribution >= 4 is 23.4 Å². The number of halogens is 1. The van der Waals surface area contributed by atoms with Gasteiger partial charge in [-0.2, -0.15) is 5.10 Å². The van der Waals surface area contributed by atoms with E-state index in [0.717, 1.165) is 35.1 Å². The highest BCUT2D eigenvalue weighted by atomic mass is 35.5. The number of rotatable bonds is 3. The van der Waals surface area contributed by atoms with E-state index in [4.69, 9.17) is 11.6 Å². The number of thioether (sulfide) groups is 1. The van der Waals surface area contributed by atoms with E-state index in [2.05, 4.69) is 34.7 Å². The molecule has 1 N–H and O–H groups in total. The number of aromatic nitrogens is 2. The minimum Gasteiger partial charge on any atom is -0.306 e. The molecule has 1 aromatic heterocycles. The smallest absolute Gasteiger partial charge is 0.131 e. The summed E-state index contributed by atoms with van der Waals surface area (Å²) in [6.07, 6.45) is 1.15. The number of benzene rings is 1. The van der Waals surface area contributed by atoms with Gasteiger partial charge in [0.15, 0.2) is 0 Å². The molecule has 106 valence electrons. The predicted octanol–water partition coefficient (Wildman–Crippen LogP) is 3.71. The van der Waals surface area contributed by atoms with Gasteiger partial charge < -0.3 is 5.32 Å². The summed E-state index contributed by atoms with van der Waals surface area (Å²) in [4.78, 5) is 1.39. The van der Waals surface area contributed by atoms with Gasteiger partial charge in [-0.15, -0.1) is 11.8 Å². The molecule has 1 unspecified atom stereocenters. The molecule has 3 rings (SSSR count). The van der Waals surface area contributed by atoms with Crippen LogP contribution in [0.3, 0.4) is 0 Å². The average Bonchev–Trinajstić information content (AvgIpc) is 2.70. The Morgan fingerprint density at radius 2 is 2.25 bits per heavy atom. The minimum atomic E-state index is 0.406. The van der Waals surface area contributed by atoms with Crippen molar-refractivity contribution in [2.75, 3.05) is 5.75 Å². The first-order valence-corrected chi connectivity index (χ1v) is 8.16. The molecule has 0 saturated carbocycles. The molecule has 1 aliphatic rings. The molecule has 3 nitrogen and oxygen atoms in total. The first-order valence-electron chi connectivity index (χ1n) is 6.80. The summed E-state index contributed by atoms with van der Waals surface area (Å²) >= 11 is 8.23. The van der Waals surface area contributed by atoms with Gasteiger partial charge in [-0.05, 0) is 30.7 Å². The van der Waals surface area contributed by atoms with Gasteiger partial charge in [-0.25, -0.2) is 0 Å². The van der Waals surface area contributed by atoms with E-state index in [1.807, 2.05) is 25.7 Å². The van der Waals surface area contributed by atoms with Crippen LogP contribution in [0.5, 0.6) is 0 Å². The molecule has 0 bridgehead atoms. The van der Waals surface area contributed by atoms with Crippen molar-refractivity contribution in [1.82, 2.24) is 15.1 Å². The van der Waals surface area contributed by atoms with Crippen LogP contribution in [-0.2, 0) is 13.6 Å². The van der Waals surface area contributed by atoms with Crippen LogP contribution >= 0.6 is 23.4 Å². The molecule has 0 aliphatic carbocycles. The van der Waals surface area contributed by atoms with E-state index in [-0.39, 0.29) is 0 Å². The van der Waals surface area contributed by atoms with Gasteiger partial charge in [0.05, 0.1) is 5.69 Å². The number of fused-ring (bicyclic) bond motifs is 1. The summed E-state index contributed by atoms with van der Waals surface area (Å²) in [5, 5.41) is 8.73. The van der Waals surface area contributed by atoms with Crippen molar-refractivity contribution in [3.8, 4) is 0 Å². The van der Waals surface area contributed by atoms with Gasteiger partial charge in [0.1, 0.15) is 5.15 Å². The van der Waals surface area contributed by atoms with Crippen LogP contribution in [0.25, 0.3) is 0 Å². The average molecular weight is 308 g/mol. The lowest BCUT2D eigenvalue weighted by atomic mass is 10.0. The summed E-state index contributed by atoms with van der Waals surface area (Å²) < 4.78 is 1.73. The molecule has 1 aromatic carbocycles. The maximum atomic E-state index is 6.29. The molecular weight excluding hydrogens is 290 g/mol. The molecule has 0 amide bonds. The Morgan fingerprint density at radius 3 is 3.00 bits per heavy atom. The van der Waals surface area contributed by atoms with Gasteiger partial charge >= 0.3 is 0 Å². The highest BCUT2D eigenvalue weighted by Crippen LogP contribution is 2.36. The van der Waals surface area contributed by atoms with E-state index in [9.17, 15) is 0 Å². The van der Waals surface area contributed by atoms with E-state index in [0.29, 0.717) is 6.04 Å².